The summed E-state index contributed by atoms with van der Waals surface area (Å²) in [5, 5.41) is 15.4. The number of carboxylic acid groups (broad SMARTS) is 1. The molecule has 0 aliphatic heterocycles. The maximum atomic E-state index is 14.2. The van der Waals surface area contributed by atoms with E-state index >= 15 is 0 Å². The van der Waals surface area contributed by atoms with E-state index in [1.165, 1.54) is 12.1 Å². The van der Waals surface area contributed by atoms with Crippen LogP contribution in [0.3, 0.4) is 0 Å². The van der Waals surface area contributed by atoms with Crippen LogP contribution in [0.2, 0.25) is 0 Å². The summed E-state index contributed by atoms with van der Waals surface area (Å²) in [6.07, 6.45) is 1.37. The van der Waals surface area contributed by atoms with E-state index in [-0.39, 0.29) is 35.5 Å². The highest BCUT2D eigenvalue weighted by Crippen LogP contribution is 2.44. The lowest BCUT2D eigenvalue weighted by atomic mass is 9.97. The van der Waals surface area contributed by atoms with Gasteiger partial charge in [-0.25, -0.2) is 4.79 Å². The van der Waals surface area contributed by atoms with Gasteiger partial charge >= 0.3 is 5.97 Å². The zero-order valence-electron chi connectivity index (χ0n) is 24.2. The van der Waals surface area contributed by atoms with Crippen molar-refractivity contribution in [1.29, 1.82) is 0 Å². The van der Waals surface area contributed by atoms with E-state index in [1.54, 1.807) is 12.1 Å². The van der Waals surface area contributed by atoms with Gasteiger partial charge in [-0.1, -0.05) is 66.7 Å². The Balaban J connectivity index is 1.87. The minimum atomic E-state index is -1.11. The van der Waals surface area contributed by atoms with Crippen molar-refractivity contribution in [2.45, 2.75) is 39.2 Å². The predicted molar refractivity (Wildman–Crippen MR) is 170 cm³/mol. The summed E-state index contributed by atoms with van der Waals surface area (Å²) in [6.45, 7) is 4.39. The fourth-order valence-corrected chi connectivity index (χ4v) is 4.94. The number of nitrogens with one attached hydrogen (secondary N) is 2. The van der Waals surface area contributed by atoms with Gasteiger partial charge in [0.25, 0.3) is 5.91 Å². The smallest absolute Gasteiger partial charge is 0.335 e. The van der Waals surface area contributed by atoms with Crippen LogP contribution in [0, 0.1) is 0 Å². The van der Waals surface area contributed by atoms with E-state index in [2.05, 4.69) is 15.6 Å². The van der Waals surface area contributed by atoms with E-state index in [9.17, 15) is 19.5 Å². The number of nitrogens with zero attached hydrogens (tertiary/aromatic N) is 2. The molecule has 0 saturated carbocycles. The van der Waals surface area contributed by atoms with Crippen molar-refractivity contribution < 1.29 is 19.5 Å². The van der Waals surface area contributed by atoms with Crippen LogP contribution < -0.4 is 22.1 Å². The molecular formula is C33H36N6O4. The first-order chi connectivity index (χ1) is 20.7. The van der Waals surface area contributed by atoms with Gasteiger partial charge in [-0.2, -0.15) is 0 Å². The largest absolute Gasteiger partial charge is 0.478 e. The Kier molecular flexibility index (Phi) is 9.95. The maximum absolute atomic E-state index is 14.2. The zero-order chi connectivity index (χ0) is 30.9. The molecule has 0 aliphatic carbocycles. The first-order valence-electron chi connectivity index (χ1n) is 14.1. The third-order valence-corrected chi connectivity index (χ3v) is 6.79. The second kappa shape index (κ2) is 14.0. The number of rotatable bonds is 12. The minimum absolute atomic E-state index is 0.00522. The van der Waals surface area contributed by atoms with Gasteiger partial charge in [0.05, 0.1) is 16.8 Å². The van der Waals surface area contributed by atoms with Crippen molar-refractivity contribution in [3.05, 3.63) is 96.1 Å². The second-order valence-corrected chi connectivity index (χ2v) is 10.3. The number of nitrogens with two attached hydrogens (primary N) is 2. The average molecular weight is 581 g/mol. The van der Waals surface area contributed by atoms with Crippen LogP contribution in [-0.2, 0) is 4.79 Å². The topological polar surface area (TPSA) is 165 Å². The van der Waals surface area contributed by atoms with Crippen molar-refractivity contribution in [1.82, 2.24) is 4.57 Å². The number of hydrogen-bond donors (Lipinski definition) is 5. The summed E-state index contributed by atoms with van der Waals surface area (Å²) in [5.74, 6) is -1.49. The Hall–Kier alpha value is -5.38. The normalized spacial score (nSPS) is 10.8. The van der Waals surface area contributed by atoms with Crippen LogP contribution in [0.5, 0.6) is 0 Å². The maximum Gasteiger partial charge on any atom is 0.335 e. The molecule has 10 nitrogen and oxygen atoms in total. The van der Waals surface area contributed by atoms with Gasteiger partial charge in [0, 0.05) is 30.3 Å². The SMILES string of the molecule is CC(C)n1c(NC(=O)CCCCN=C(N)N)c(C(=O)Nc2cccc(C(=O)O)c2)c(-c2ccccc2)c1-c1ccccc1. The van der Waals surface area contributed by atoms with E-state index in [4.69, 9.17) is 11.5 Å². The number of unbranched alkanes of at least 4 members (excludes halogenated alkanes) is 1. The molecule has 2 amide bonds. The molecule has 0 radical (unpaired) electrons. The Labute approximate surface area is 250 Å². The van der Waals surface area contributed by atoms with Crippen molar-refractivity contribution in [3.63, 3.8) is 0 Å². The molecule has 43 heavy (non-hydrogen) atoms. The Morgan fingerprint density at radius 3 is 2.12 bits per heavy atom. The number of aromatic carboxylic acids is 1. The number of guanidine groups is 1. The van der Waals surface area contributed by atoms with E-state index in [1.807, 2.05) is 79.1 Å². The number of aromatic nitrogens is 1. The van der Waals surface area contributed by atoms with Gasteiger partial charge in [0.15, 0.2) is 5.96 Å². The molecule has 1 aromatic heterocycles. The molecule has 0 saturated heterocycles. The molecule has 4 rings (SSSR count). The van der Waals surface area contributed by atoms with Crippen LogP contribution in [0.1, 0.15) is 59.9 Å². The van der Waals surface area contributed by atoms with Gasteiger partial charge in [-0.3, -0.25) is 14.6 Å². The van der Waals surface area contributed by atoms with Gasteiger partial charge in [-0.15, -0.1) is 0 Å². The Morgan fingerprint density at radius 1 is 0.860 bits per heavy atom. The monoisotopic (exact) mass is 580 g/mol. The summed E-state index contributed by atoms with van der Waals surface area (Å²) >= 11 is 0. The number of carboxylic acids is 1. The van der Waals surface area contributed by atoms with Gasteiger partial charge < -0.3 is 31.8 Å². The van der Waals surface area contributed by atoms with Crippen molar-refractivity contribution in [3.8, 4) is 22.4 Å². The molecule has 0 aliphatic rings. The molecule has 0 bridgehead atoms. The van der Waals surface area contributed by atoms with Crippen LogP contribution >= 0.6 is 0 Å². The molecular weight excluding hydrogens is 544 g/mol. The number of amides is 2. The van der Waals surface area contributed by atoms with Gasteiger partial charge in [0.1, 0.15) is 5.82 Å². The van der Waals surface area contributed by atoms with Gasteiger partial charge in [-0.05, 0) is 56.0 Å². The first-order valence-corrected chi connectivity index (χ1v) is 14.1. The number of benzene rings is 3. The summed E-state index contributed by atoms with van der Waals surface area (Å²) in [6, 6.07) is 25.1. The van der Waals surface area contributed by atoms with Crippen LogP contribution in [-0.4, -0.2) is 40.0 Å². The quantitative estimate of drug-likeness (QED) is 0.0815. The van der Waals surface area contributed by atoms with E-state index in [0.29, 0.717) is 36.5 Å². The molecule has 1 heterocycles. The van der Waals surface area contributed by atoms with Crippen molar-refractivity contribution in [2.75, 3.05) is 17.2 Å². The summed E-state index contributed by atoms with van der Waals surface area (Å²) in [7, 11) is 0. The van der Waals surface area contributed by atoms with Crippen molar-refractivity contribution >= 4 is 35.2 Å². The molecule has 4 aromatic rings. The highest BCUT2D eigenvalue weighted by molar-refractivity contribution is 6.17. The van der Waals surface area contributed by atoms with Crippen LogP contribution in [0.15, 0.2) is 89.9 Å². The van der Waals surface area contributed by atoms with Gasteiger partial charge in [0.2, 0.25) is 5.91 Å². The summed E-state index contributed by atoms with van der Waals surface area (Å²) in [4.78, 5) is 43.1. The third kappa shape index (κ3) is 7.48. The van der Waals surface area contributed by atoms with Crippen molar-refractivity contribution in [2.24, 2.45) is 16.5 Å². The Morgan fingerprint density at radius 2 is 1.51 bits per heavy atom. The highest BCUT2D eigenvalue weighted by atomic mass is 16.4. The third-order valence-electron chi connectivity index (χ3n) is 6.79. The first kappa shape index (κ1) is 30.6. The molecule has 0 atom stereocenters. The molecule has 0 spiro atoms. The number of anilines is 2. The molecule has 7 N–H and O–H groups in total. The molecule has 10 heteroatoms. The molecule has 3 aromatic carbocycles. The summed E-state index contributed by atoms with van der Waals surface area (Å²) in [5.41, 5.74) is 14.5. The summed E-state index contributed by atoms with van der Waals surface area (Å²) < 4.78 is 1.97. The number of carbonyl (C=O) groups is 3. The van der Waals surface area contributed by atoms with E-state index < -0.39 is 11.9 Å². The van der Waals surface area contributed by atoms with Crippen LogP contribution in [0.4, 0.5) is 11.5 Å². The Bertz CT molecular complexity index is 1620. The molecule has 0 fully saturated rings. The predicted octanol–water partition coefficient (Wildman–Crippen LogP) is 5.74. The standard InChI is InChI=1S/C33H36N6O4/c1-21(2)39-29(23-14-7-4-8-15-23)27(22-12-5-3-6-13-22)28(30(39)38-26(40)18-9-10-19-36-33(34)35)31(41)37-25-17-11-16-24(20-25)32(42)43/h3-8,11-17,20-21H,9-10,18-19H2,1-2H3,(H,37,41)(H,38,40)(H,42,43)(H4,34,35,36). The lowest BCUT2D eigenvalue weighted by Gasteiger charge is -2.19. The van der Waals surface area contributed by atoms with E-state index in [0.717, 1.165) is 16.8 Å². The lowest BCUT2D eigenvalue weighted by Crippen LogP contribution is -2.23. The number of aliphatic imine (C=N–C) groups is 1. The van der Waals surface area contributed by atoms with Crippen LogP contribution in [0.25, 0.3) is 22.4 Å². The number of hydrogen-bond acceptors (Lipinski definition) is 4. The minimum Gasteiger partial charge on any atom is -0.478 e. The number of carbonyl (C=O) groups excluding carboxylic acids is 2. The molecule has 222 valence electrons. The molecule has 0 unspecified atom stereocenters. The lowest BCUT2D eigenvalue weighted by molar-refractivity contribution is -0.116. The fourth-order valence-electron chi connectivity index (χ4n) is 4.94. The second-order valence-electron chi connectivity index (χ2n) is 10.3. The fraction of sp³-hybridized carbons (Fsp3) is 0.212. The average Bonchev–Trinajstić information content (AvgIpc) is 3.33. The zero-order valence-corrected chi connectivity index (χ0v) is 24.2. The highest BCUT2D eigenvalue weighted by Gasteiger charge is 2.31.